The summed E-state index contributed by atoms with van der Waals surface area (Å²) in [5, 5.41) is 5.23. The molecule has 7 heteroatoms. The van der Waals surface area contributed by atoms with Gasteiger partial charge in [-0.05, 0) is 25.1 Å². The fourth-order valence-electron chi connectivity index (χ4n) is 1.34. The zero-order valence-corrected chi connectivity index (χ0v) is 11.5. The van der Waals surface area contributed by atoms with Gasteiger partial charge in [-0.2, -0.15) is 0 Å². The van der Waals surface area contributed by atoms with E-state index >= 15 is 0 Å². The second-order valence-corrected chi connectivity index (χ2v) is 4.77. The van der Waals surface area contributed by atoms with Crippen LogP contribution in [-0.4, -0.2) is 17.6 Å². The maximum Gasteiger partial charge on any atom is 0.357 e. The minimum absolute atomic E-state index is 0.229. The molecule has 4 nitrogen and oxygen atoms in total. The van der Waals surface area contributed by atoms with Crippen molar-refractivity contribution in [1.82, 2.24) is 4.98 Å². The first-order chi connectivity index (χ1) is 9.10. The third-order valence-electron chi connectivity index (χ3n) is 2.16. The van der Waals surface area contributed by atoms with Gasteiger partial charge in [0.25, 0.3) is 0 Å². The molecular weight excluding hydrogens is 291 g/mol. The lowest BCUT2D eigenvalue weighted by atomic mass is 10.3. The van der Waals surface area contributed by atoms with Crippen molar-refractivity contribution in [3.63, 3.8) is 0 Å². The monoisotopic (exact) mass is 300 g/mol. The fraction of sp³-hybridized carbons (Fsp3) is 0.167. The van der Waals surface area contributed by atoms with E-state index in [0.29, 0.717) is 17.4 Å². The molecule has 2 aromatic rings. The van der Waals surface area contributed by atoms with Crippen LogP contribution in [0.5, 0.6) is 0 Å². The van der Waals surface area contributed by atoms with E-state index in [1.54, 1.807) is 12.3 Å². The van der Waals surface area contributed by atoms with Crippen LogP contribution >= 0.6 is 22.9 Å². The number of hydrogen-bond donors (Lipinski definition) is 1. The summed E-state index contributed by atoms with van der Waals surface area (Å²) in [6.45, 7) is 2.02. The Morgan fingerprint density at radius 3 is 3.05 bits per heavy atom. The largest absolute Gasteiger partial charge is 0.461 e. The van der Waals surface area contributed by atoms with E-state index in [1.165, 1.54) is 29.5 Å². The molecule has 0 saturated heterocycles. The van der Waals surface area contributed by atoms with Crippen LogP contribution < -0.4 is 5.32 Å². The molecule has 0 atom stereocenters. The van der Waals surface area contributed by atoms with E-state index in [4.69, 9.17) is 16.3 Å². The van der Waals surface area contributed by atoms with E-state index < -0.39 is 11.8 Å². The lowest BCUT2D eigenvalue weighted by molar-refractivity contribution is 0.0520. The number of benzene rings is 1. The van der Waals surface area contributed by atoms with E-state index in [0.717, 1.165) is 0 Å². The quantitative estimate of drug-likeness (QED) is 0.871. The van der Waals surface area contributed by atoms with Crippen molar-refractivity contribution in [1.29, 1.82) is 0 Å². The number of anilines is 2. The van der Waals surface area contributed by atoms with Crippen LogP contribution in [0.25, 0.3) is 0 Å². The van der Waals surface area contributed by atoms with Crippen molar-refractivity contribution in [2.24, 2.45) is 0 Å². The molecule has 0 saturated carbocycles. The first kappa shape index (κ1) is 13.8. The zero-order valence-electron chi connectivity index (χ0n) is 9.94. The standard InChI is InChI=1S/C12H10ClFN2O2S/c1-2-18-11(17)10-6-19-12(16-10)15-9-4-3-7(14)5-8(9)13/h3-6H,2H2,1H3,(H,15,16). The number of nitrogens with zero attached hydrogens (tertiary/aromatic N) is 1. The summed E-state index contributed by atoms with van der Waals surface area (Å²) in [6, 6.07) is 3.99. The molecule has 0 radical (unpaired) electrons. The summed E-state index contributed by atoms with van der Waals surface area (Å²) in [6.07, 6.45) is 0. The highest BCUT2D eigenvalue weighted by atomic mass is 35.5. The molecule has 0 aliphatic heterocycles. The molecule has 1 aromatic carbocycles. The lowest BCUT2D eigenvalue weighted by Gasteiger charge is -2.04. The minimum atomic E-state index is -0.475. The Morgan fingerprint density at radius 2 is 2.37 bits per heavy atom. The molecule has 1 heterocycles. The number of nitrogens with one attached hydrogen (secondary N) is 1. The number of carbonyl (C=O) groups excluding carboxylic acids is 1. The van der Waals surface area contributed by atoms with E-state index in [1.807, 2.05) is 0 Å². The Kier molecular flexibility index (Phi) is 4.34. The molecule has 1 aromatic heterocycles. The maximum atomic E-state index is 12.9. The van der Waals surface area contributed by atoms with Gasteiger partial charge in [0, 0.05) is 5.38 Å². The molecule has 0 unspecified atom stereocenters. The summed E-state index contributed by atoms with van der Waals surface area (Å²) >= 11 is 7.12. The molecule has 2 rings (SSSR count). The average Bonchev–Trinajstić information content (AvgIpc) is 2.82. The maximum absolute atomic E-state index is 12.9. The summed E-state index contributed by atoms with van der Waals surface area (Å²) in [4.78, 5) is 15.5. The fourth-order valence-corrected chi connectivity index (χ4v) is 2.24. The predicted octanol–water partition coefficient (Wildman–Crippen LogP) is 3.86. The van der Waals surface area contributed by atoms with Crippen LogP contribution in [0.15, 0.2) is 23.6 Å². The smallest absolute Gasteiger partial charge is 0.357 e. The van der Waals surface area contributed by atoms with Crippen LogP contribution in [0.1, 0.15) is 17.4 Å². The van der Waals surface area contributed by atoms with Crippen LogP contribution in [0.3, 0.4) is 0 Å². The van der Waals surface area contributed by atoms with E-state index in [9.17, 15) is 9.18 Å². The molecule has 100 valence electrons. The Balaban J connectivity index is 2.13. The van der Waals surface area contributed by atoms with Gasteiger partial charge in [0.1, 0.15) is 5.82 Å². The Hall–Kier alpha value is -1.66. The normalized spacial score (nSPS) is 10.3. The Labute approximate surface area is 118 Å². The molecule has 1 N–H and O–H groups in total. The topological polar surface area (TPSA) is 51.2 Å². The molecule has 0 bridgehead atoms. The highest BCUT2D eigenvalue weighted by Gasteiger charge is 2.12. The second-order valence-electron chi connectivity index (χ2n) is 3.51. The van der Waals surface area contributed by atoms with Gasteiger partial charge in [-0.1, -0.05) is 11.6 Å². The zero-order chi connectivity index (χ0) is 13.8. The highest BCUT2D eigenvalue weighted by molar-refractivity contribution is 7.14. The van der Waals surface area contributed by atoms with Crippen molar-refractivity contribution >= 4 is 39.7 Å². The van der Waals surface area contributed by atoms with E-state index in [-0.39, 0.29) is 10.7 Å². The highest BCUT2D eigenvalue weighted by Crippen LogP contribution is 2.27. The number of ether oxygens (including phenoxy) is 1. The number of rotatable bonds is 4. The van der Waals surface area contributed by atoms with Crippen LogP contribution in [0, 0.1) is 5.82 Å². The van der Waals surface area contributed by atoms with Gasteiger partial charge in [-0.25, -0.2) is 14.2 Å². The summed E-state index contributed by atoms with van der Waals surface area (Å²) in [5.74, 6) is -0.890. The van der Waals surface area contributed by atoms with Crippen molar-refractivity contribution in [3.8, 4) is 0 Å². The van der Waals surface area contributed by atoms with Crippen LogP contribution in [0.4, 0.5) is 15.2 Å². The molecule has 0 fully saturated rings. The third kappa shape index (κ3) is 3.42. The van der Waals surface area contributed by atoms with Gasteiger partial charge in [-0.3, -0.25) is 0 Å². The van der Waals surface area contributed by atoms with Crippen molar-refractivity contribution in [2.45, 2.75) is 6.92 Å². The first-order valence-corrected chi connectivity index (χ1v) is 6.70. The predicted molar refractivity (Wildman–Crippen MR) is 72.8 cm³/mol. The molecular formula is C12H10ClFN2O2S. The Bertz CT molecular complexity index is 603. The summed E-state index contributed by atoms with van der Waals surface area (Å²) in [7, 11) is 0. The van der Waals surface area contributed by atoms with Crippen molar-refractivity contribution in [3.05, 3.63) is 40.1 Å². The van der Waals surface area contributed by atoms with Gasteiger partial charge in [0.2, 0.25) is 0 Å². The molecule has 19 heavy (non-hydrogen) atoms. The first-order valence-electron chi connectivity index (χ1n) is 5.45. The van der Waals surface area contributed by atoms with Crippen LogP contribution in [-0.2, 0) is 4.74 Å². The summed E-state index contributed by atoms with van der Waals surface area (Å²) in [5.41, 5.74) is 0.750. The molecule has 0 amide bonds. The van der Waals surface area contributed by atoms with Gasteiger partial charge in [-0.15, -0.1) is 11.3 Å². The number of carbonyl (C=O) groups is 1. The van der Waals surface area contributed by atoms with Crippen LogP contribution in [0.2, 0.25) is 5.02 Å². The number of aromatic nitrogens is 1. The molecule has 0 spiro atoms. The average molecular weight is 301 g/mol. The third-order valence-corrected chi connectivity index (χ3v) is 3.23. The summed E-state index contributed by atoms with van der Waals surface area (Å²) < 4.78 is 17.7. The van der Waals surface area contributed by atoms with E-state index in [2.05, 4.69) is 10.3 Å². The molecule has 0 aliphatic rings. The van der Waals surface area contributed by atoms with Crippen molar-refractivity contribution in [2.75, 3.05) is 11.9 Å². The minimum Gasteiger partial charge on any atom is -0.461 e. The molecule has 0 aliphatic carbocycles. The van der Waals surface area contributed by atoms with Gasteiger partial charge < -0.3 is 10.1 Å². The van der Waals surface area contributed by atoms with Gasteiger partial charge >= 0.3 is 5.97 Å². The number of hydrogen-bond acceptors (Lipinski definition) is 5. The number of thiazole rings is 1. The number of esters is 1. The number of halogens is 2. The Morgan fingerprint density at radius 1 is 1.58 bits per heavy atom. The van der Waals surface area contributed by atoms with Gasteiger partial charge in [0.15, 0.2) is 10.8 Å². The van der Waals surface area contributed by atoms with Crippen molar-refractivity contribution < 1.29 is 13.9 Å². The second kappa shape index (κ2) is 5.99. The SMILES string of the molecule is CCOC(=O)c1csc(Nc2ccc(F)cc2Cl)n1. The lowest BCUT2D eigenvalue weighted by Crippen LogP contribution is -2.05. The van der Waals surface area contributed by atoms with Gasteiger partial charge in [0.05, 0.1) is 17.3 Å².